The number of nitrogens with zero attached hydrogens (tertiary/aromatic N) is 2. The highest BCUT2D eigenvalue weighted by Gasteiger charge is 2.04. The van der Waals surface area contributed by atoms with Crippen molar-refractivity contribution in [3.63, 3.8) is 0 Å². The number of halogens is 1. The molecule has 0 N–H and O–H groups in total. The molecule has 0 aromatic carbocycles. The lowest BCUT2D eigenvalue weighted by molar-refractivity contribution is 0.185. The molecule has 0 fully saturated rings. The van der Waals surface area contributed by atoms with E-state index in [1.54, 1.807) is 14.0 Å². The van der Waals surface area contributed by atoms with Crippen LogP contribution in [0.15, 0.2) is 15.6 Å². The van der Waals surface area contributed by atoms with Gasteiger partial charge in [-0.1, -0.05) is 0 Å². The van der Waals surface area contributed by atoms with E-state index in [0.29, 0.717) is 23.3 Å². The quantitative estimate of drug-likeness (QED) is 0.799. The van der Waals surface area contributed by atoms with Gasteiger partial charge in [-0.25, -0.2) is 4.98 Å². The van der Waals surface area contributed by atoms with E-state index in [9.17, 15) is 4.79 Å². The predicted octanol–water partition coefficient (Wildman–Crippen LogP) is 0.961. The SMILES string of the molecule is COCCn1cnc(C)c(Br)c1=O. The maximum atomic E-state index is 11.5. The summed E-state index contributed by atoms with van der Waals surface area (Å²) < 4.78 is 6.90. The topological polar surface area (TPSA) is 44.1 Å². The second-order valence-corrected chi connectivity index (χ2v) is 3.43. The van der Waals surface area contributed by atoms with Gasteiger partial charge in [-0.05, 0) is 22.9 Å². The Bertz CT molecular complexity index is 348. The normalized spacial score (nSPS) is 10.4. The zero-order valence-electron chi connectivity index (χ0n) is 7.58. The summed E-state index contributed by atoms with van der Waals surface area (Å²) in [5.74, 6) is 0. The molecule has 1 heterocycles. The molecule has 0 aliphatic rings. The van der Waals surface area contributed by atoms with Crippen molar-refractivity contribution in [3.8, 4) is 0 Å². The minimum atomic E-state index is -0.0652. The first-order valence-electron chi connectivity index (χ1n) is 3.87. The van der Waals surface area contributed by atoms with Crippen LogP contribution < -0.4 is 5.56 Å². The first kappa shape index (κ1) is 10.4. The third kappa shape index (κ3) is 2.38. The number of ether oxygens (including phenoxy) is 1. The average molecular weight is 247 g/mol. The van der Waals surface area contributed by atoms with Crippen LogP contribution in [-0.4, -0.2) is 23.3 Å². The van der Waals surface area contributed by atoms with Gasteiger partial charge in [0.15, 0.2) is 0 Å². The van der Waals surface area contributed by atoms with Gasteiger partial charge in [0, 0.05) is 7.11 Å². The molecule has 5 heteroatoms. The smallest absolute Gasteiger partial charge is 0.267 e. The van der Waals surface area contributed by atoms with E-state index in [1.165, 1.54) is 10.9 Å². The summed E-state index contributed by atoms with van der Waals surface area (Å²) in [6.07, 6.45) is 1.53. The molecule has 0 aliphatic carbocycles. The zero-order chi connectivity index (χ0) is 9.84. The Morgan fingerprint density at radius 3 is 3.00 bits per heavy atom. The Kier molecular flexibility index (Phi) is 3.62. The molecule has 0 aliphatic heterocycles. The molecule has 1 rings (SSSR count). The van der Waals surface area contributed by atoms with Crippen molar-refractivity contribution in [2.75, 3.05) is 13.7 Å². The first-order valence-corrected chi connectivity index (χ1v) is 4.66. The third-order valence-electron chi connectivity index (χ3n) is 1.69. The van der Waals surface area contributed by atoms with Gasteiger partial charge in [-0.3, -0.25) is 9.36 Å². The molecule has 0 radical (unpaired) electrons. The standard InChI is InChI=1S/C8H11BrN2O2/c1-6-7(9)8(12)11(5-10-6)3-4-13-2/h5H,3-4H2,1-2H3. The molecule has 0 bridgehead atoms. The van der Waals surface area contributed by atoms with Gasteiger partial charge in [0.1, 0.15) is 4.47 Å². The Morgan fingerprint density at radius 1 is 1.69 bits per heavy atom. The van der Waals surface area contributed by atoms with Crippen molar-refractivity contribution in [2.45, 2.75) is 13.5 Å². The summed E-state index contributed by atoms with van der Waals surface area (Å²) in [6.45, 7) is 2.82. The van der Waals surface area contributed by atoms with Gasteiger partial charge in [0.2, 0.25) is 0 Å². The number of methoxy groups -OCH3 is 1. The molecule has 0 spiro atoms. The molecule has 0 saturated heterocycles. The molecule has 0 unspecified atom stereocenters. The largest absolute Gasteiger partial charge is 0.383 e. The van der Waals surface area contributed by atoms with Crippen molar-refractivity contribution < 1.29 is 4.74 Å². The maximum absolute atomic E-state index is 11.5. The molecule has 0 atom stereocenters. The number of aryl methyl sites for hydroxylation is 1. The van der Waals surface area contributed by atoms with Crippen molar-refractivity contribution in [1.29, 1.82) is 0 Å². The van der Waals surface area contributed by atoms with E-state index in [-0.39, 0.29) is 5.56 Å². The first-order chi connectivity index (χ1) is 6.16. The highest BCUT2D eigenvalue weighted by Crippen LogP contribution is 2.05. The Labute approximate surface area is 84.7 Å². The van der Waals surface area contributed by atoms with Crippen LogP contribution >= 0.6 is 15.9 Å². The summed E-state index contributed by atoms with van der Waals surface area (Å²) >= 11 is 3.19. The summed E-state index contributed by atoms with van der Waals surface area (Å²) in [4.78, 5) is 15.6. The second-order valence-electron chi connectivity index (χ2n) is 2.64. The second kappa shape index (κ2) is 4.53. The molecule has 0 amide bonds. The van der Waals surface area contributed by atoms with Crippen molar-refractivity contribution >= 4 is 15.9 Å². The molecule has 1 aromatic rings. The molecule has 4 nitrogen and oxygen atoms in total. The van der Waals surface area contributed by atoms with Crippen LogP contribution in [0.5, 0.6) is 0 Å². The number of hydrogen-bond donors (Lipinski definition) is 0. The fraction of sp³-hybridized carbons (Fsp3) is 0.500. The van der Waals surface area contributed by atoms with Crippen LogP contribution in [0.1, 0.15) is 5.69 Å². The van der Waals surface area contributed by atoms with Gasteiger partial charge in [-0.15, -0.1) is 0 Å². The minimum absolute atomic E-state index is 0.0652. The molecule has 0 saturated carbocycles. The fourth-order valence-electron chi connectivity index (χ4n) is 0.895. The number of aromatic nitrogens is 2. The Hall–Kier alpha value is -0.680. The van der Waals surface area contributed by atoms with Crippen LogP contribution in [0.2, 0.25) is 0 Å². The van der Waals surface area contributed by atoms with E-state index >= 15 is 0 Å². The molecule has 1 aromatic heterocycles. The van der Waals surface area contributed by atoms with Crippen LogP contribution in [0, 0.1) is 6.92 Å². The molecule has 13 heavy (non-hydrogen) atoms. The van der Waals surface area contributed by atoms with E-state index < -0.39 is 0 Å². The zero-order valence-corrected chi connectivity index (χ0v) is 9.17. The van der Waals surface area contributed by atoms with Crippen LogP contribution in [0.4, 0.5) is 0 Å². The predicted molar refractivity (Wildman–Crippen MR) is 52.8 cm³/mol. The number of rotatable bonds is 3. The maximum Gasteiger partial charge on any atom is 0.267 e. The van der Waals surface area contributed by atoms with E-state index in [1.807, 2.05) is 0 Å². The lowest BCUT2D eigenvalue weighted by atomic mass is 10.4. The summed E-state index contributed by atoms with van der Waals surface area (Å²) in [7, 11) is 1.60. The minimum Gasteiger partial charge on any atom is -0.383 e. The average Bonchev–Trinajstić information content (AvgIpc) is 2.13. The van der Waals surface area contributed by atoms with Crippen LogP contribution in [0.3, 0.4) is 0 Å². The summed E-state index contributed by atoms with van der Waals surface area (Å²) in [5, 5.41) is 0. The van der Waals surface area contributed by atoms with Gasteiger partial charge >= 0.3 is 0 Å². The van der Waals surface area contributed by atoms with E-state index in [0.717, 1.165) is 0 Å². The highest BCUT2D eigenvalue weighted by atomic mass is 79.9. The molecule has 72 valence electrons. The van der Waals surface area contributed by atoms with Gasteiger partial charge in [-0.2, -0.15) is 0 Å². The molecular weight excluding hydrogens is 236 g/mol. The molecular formula is C8H11BrN2O2. The van der Waals surface area contributed by atoms with Crippen molar-refractivity contribution in [2.24, 2.45) is 0 Å². The summed E-state index contributed by atoms with van der Waals surface area (Å²) in [6, 6.07) is 0. The van der Waals surface area contributed by atoms with Gasteiger partial charge in [0.05, 0.1) is 25.2 Å². The van der Waals surface area contributed by atoms with Crippen LogP contribution in [-0.2, 0) is 11.3 Å². The number of hydrogen-bond acceptors (Lipinski definition) is 3. The van der Waals surface area contributed by atoms with Gasteiger partial charge in [0.25, 0.3) is 5.56 Å². The van der Waals surface area contributed by atoms with Crippen molar-refractivity contribution in [1.82, 2.24) is 9.55 Å². The Morgan fingerprint density at radius 2 is 2.38 bits per heavy atom. The van der Waals surface area contributed by atoms with E-state index in [4.69, 9.17) is 4.74 Å². The lowest BCUT2D eigenvalue weighted by Gasteiger charge is -2.05. The van der Waals surface area contributed by atoms with Crippen molar-refractivity contribution in [3.05, 3.63) is 26.8 Å². The summed E-state index contributed by atoms with van der Waals surface area (Å²) in [5.41, 5.74) is 0.642. The Balaban J connectivity index is 2.97. The van der Waals surface area contributed by atoms with Gasteiger partial charge < -0.3 is 4.74 Å². The van der Waals surface area contributed by atoms with E-state index in [2.05, 4.69) is 20.9 Å². The fourth-order valence-corrected chi connectivity index (χ4v) is 1.23. The van der Waals surface area contributed by atoms with Crippen LogP contribution in [0.25, 0.3) is 0 Å². The highest BCUT2D eigenvalue weighted by molar-refractivity contribution is 9.10. The third-order valence-corrected chi connectivity index (χ3v) is 2.61. The lowest BCUT2D eigenvalue weighted by Crippen LogP contribution is -2.23. The monoisotopic (exact) mass is 246 g/mol.